The van der Waals surface area contributed by atoms with Crippen molar-refractivity contribution in [1.29, 1.82) is 0 Å². The fraction of sp³-hybridized carbons (Fsp3) is 0.556. The van der Waals surface area contributed by atoms with Crippen LogP contribution in [0, 0.1) is 5.92 Å². The van der Waals surface area contributed by atoms with E-state index in [-0.39, 0.29) is 30.3 Å². The largest absolute Gasteiger partial charge is 0.368 e. The maximum absolute atomic E-state index is 12.6. The van der Waals surface area contributed by atoms with Gasteiger partial charge in [-0.1, -0.05) is 24.4 Å². The number of fused-ring (bicyclic) bond motifs is 1. The second-order valence-corrected chi connectivity index (χ2v) is 7.61. The van der Waals surface area contributed by atoms with Gasteiger partial charge in [0.05, 0.1) is 28.0 Å². The van der Waals surface area contributed by atoms with E-state index >= 15 is 0 Å². The third kappa shape index (κ3) is 3.63. The molecular weight excluding hydrogens is 373 g/mol. The van der Waals surface area contributed by atoms with Gasteiger partial charge in [-0.05, 0) is 25.7 Å². The highest BCUT2D eigenvalue weighted by Gasteiger charge is 2.26. The number of anilines is 2. The number of H-pyrrole nitrogens is 1. The van der Waals surface area contributed by atoms with Crippen LogP contribution in [0.4, 0.5) is 11.4 Å². The third-order valence-corrected chi connectivity index (χ3v) is 5.66. The van der Waals surface area contributed by atoms with Gasteiger partial charge in [0, 0.05) is 31.2 Å². The predicted octanol–water partition coefficient (Wildman–Crippen LogP) is 3.69. The number of carbonyl (C=O) groups excluding carboxylic acids is 1. The van der Waals surface area contributed by atoms with Crippen molar-refractivity contribution in [3.05, 3.63) is 17.4 Å². The number of halogens is 2. The van der Waals surface area contributed by atoms with Gasteiger partial charge in [-0.25, -0.2) is 4.98 Å². The second kappa shape index (κ2) is 8.03. The lowest BCUT2D eigenvalue weighted by Gasteiger charge is -2.33. The molecule has 0 radical (unpaired) electrons. The lowest BCUT2D eigenvalue weighted by Crippen LogP contribution is -2.43. The molecule has 2 aromatic rings. The zero-order chi connectivity index (χ0) is 17.4. The van der Waals surface area contributed by atoms with E-state index in [1.54, 1.807) is 6.20 Å². The molecule has 26 heavy (non-hydrogen) atoms. The van der Waals surface area contributed by atoms with Crippen molar-refractivity contribution in [3.63, 3.8) is 0 Å². The number of carbonyl (C=O) groups is 1. The van der Waals surface area contributed by atoms with Crippen LogP contribution in [0.3, 0.4) is 0 Å². The highest BCUT2D eigenvalue weighted by Crippen LogP contribution is 2.39. The average Bonchev–Trinajstić information content (AvgIpc) is 3.25. The normalized spacial score (nSPS) is 21.0. The van der Waals surface area contributed by atoms with Gasteiger partial charge < -0.3 is 20.9 Å². The second-order valence-electron chi connectivity index (χ2n) is 7.20. The van der Waals surface area contributed by atoms with Gasteiger partial charge in [-0.15, -0.1) is 12.4 Å². The Hall–Kier alpha value is -1.50. The number of rotatable bonds is 3. The van der Waals surface area contributed by atoms with E-state index in [0.29, 0.717) is 5.02 Å². The standard InChI is InChI=1S/C18H24ClN5O.ClH/c19-13-8-21-17-15(16(13)24-7-3-6-12(20)10-24)14(9-22-17)23-18(25)11-4-1-2-5-11;/h8-9,11-12H,1-7,10,20H2,(H,21,22)(H,23,25);1H/t12-;/m1./s1. The SMILES string of the molecule is Cl.N[C@@H]1CCCN(c2c(Cl)cnc3[nH]cc(NC(=O)C4CCCC4)c23)C1. The molecule has 1 amide bonds. The van der Waals surface area contributed by atoms with Crippen molar-refractivity contribution < 1.29 is 4.79 Å². The van der Waals surface area contributed by atoms with Gasteiger partial charge in [-0.3, -0.25) is 4.79 Å². The van der Waals surface area contributed by atoms with Gasteiger partial charge in [0.15, 0.2) is 0 Å². The number of nitrogens with zero attached hydrogens (tertiary/aromatic N) is 2. The van der Waals surface area contributed by atoms with E-state index in [2.05, 4.69) is 20.2 Å². The first-order valence-corrected chi connectivity index (χ1v) is 9.48. The molecule has 0 aromatic carbocycles. The van der Waals surface area contributed by atoms with Crippen molar-refractivity contribution in [1.82, 2.24) is 9.97 Å². The van der Waals surface area contributed by atoms with E-state index in [1.165, 1.54) is 0 Å². The van der Waals surface area contributed by atoms with Crippen molar-refractivity contribution in [2.45, 2.75) is 44.6 Å². The lowest BCUT2D eigenvalue weighted by atomic mass is 10.0. The fourth-order valence-corrected chi connectivity index (χ4v) is 4.36. The van der Waals surface area contributed by atoms with Crippen LogP contribution in [0.2, 0.25) is 5.02 Å². The Morgan fingerprint density at radius 3 is 2.81 bits per heavy atom. The molecule has 3 heterocycles. The van der Waals surface area contributed by atoms with Crippen LogP contribution in [0.5, 0.6) is 0 Å². The summed E-state index contributed by atoms with van der Waals surface area (Å²) in [6.45, 7) is 1.67. The molecule has 142 valence electrons. The van der Waals surface area contributed by atoms with E-state index in [4.69, 9.17) is 17.3 Å². The minimum absolute atomic E-state index is 0. The van der Waals surface area contributed by atoms with Gasteiger partial charge in [0.2, 0.25) is 5.91 Å². The molecule has 2 aromatic heterocycles. The number of nitrogens with one attached hydrogen (secondary N) is 2. The van der Waals surface area contributed by atoms with Crippen LogP contribution < -0.4 is 16.0 Å². The first kappa shape index (κ1) is 19.3. The monoisotopic (exact) mass is 397 g/mol. The number of amides is 1. The van der Waals surface area contributed by atoms with Crippen LogP contribution >= 0.6 is 24.0 Å². The smallest absolute Gasteiger partial charge is 0.227 e. The zero-order valence-corrected chi connectivity index (χ0v) is 16.2. The number of nitrogens with two attached hydrogens (primary N) is 1. The summed E-state index contributed by atoms with van der Waals surface area (Å²) >= 11 is 6.51. The minimum Gasteiger partial charge on any atom is -0.368 e. The number of pyridine rings is 1. The van der Waals surface area contributed by atoms with Crippen LogP contribution in [0.15, 0.2) is 12.4 Å². The topological polar surface area (TPSA) is 87.0 Å². The number of piperidine rings is 1. The van der Waals surface area contributed by atoms with Crippen molar-refractivity contribution in [2.75, 3.05) is 23.3 Å². The maximum Gasteiger partial charge on any atom is 0.227 e. The summed E-state index contributed by atoms with van der Waals surface area (Å²) in [5.74, 6) is 0.212. The Labute approximate surface area is 164 Å². The highest BCUT2D eigenvalue weighted by atomic mass is 35.5. The van der Waals surface area contributed by atoms with Gasteiger partial charge in [-0.2, -0.15) is 0 Å². The first-order chi connectivity index (χ1) is 12.1. The van der Waals surface area contributed by atoms with Gasteiger partial charge in [0.1, 0.15) is 5.65 Å². The molecule has 1 atom stereocenters. The van der Waals surface area contributed by atoms with E-state index in [1.807, 2.05) is 6.20 Å². The van der Waals surface area contributed by atoms with Gasteiger partial charge >= 0.3 is 0 Å². The van der Waals surface area contributed by atoms with Gasteiger partial charge in [0.25, 0.3) is 0 Å². The quantitative estimate of drug-likeness (QED) is 0.736. The van der Waals surface area contributed by atoms with E-state index < -0.39 is 0 Å². The molecule has 1 saturated heterocycles. The highest BCUT2D eigenvalue weighted by molar-refractivity contribution is 6.35. The Bertz CT molecular complexity index is 787. The Morgan fingerprint density at radius 1 is 1.31 bits per heavy atom. The Morgan fingerprint density at radius 2 is 2.08 bits per heavy atom. The van der Waals surface area contributed by atoms with Crippen LogP contribution in [-0.2, 0) is 4.79 Å². The van der Waals surface area contributed by atoms with Crippen molar-refractivity contribution >= 4 is 52.3 Å². The Balaban J connectivity index is 0.00000196. The third-order valence-electron chi connectivity index (χ3n) is 5.39. The molecule has 8 heteroatoms. The van der Waals surface area contributed by atoms with E-state index in [9.17, 15) is 4.79 Å². The molecule has 4 rings (SSSR count). The minimum atomic E-state index is 0. The summed E-state index contributed by atoms with van der Waals surface area (Å²) in [7, 11) is 0. The molecule has 1 aliphatic carbocycles. The molecule has 0 bridgehead atoms. The summed E-state index contributed by atoms with van der Waals surface area (Å²) in [6, 6.07) is 0.142. The summed E-state index contributed by atoms with van der Waals surface area (Å²) < 4.78 is 0. The molecule has 2 fully saturated rings. The molecule has 2 aliphatic rings. The summed E-state index contributed by atoms with van der Waals surface area (Å²) in [6.07, 6.45) is 9.76. The molecule has 0 unspecified atom stereocenters. The number of aromatic nitrogens is 2. The average molecular weight is 398 g/mol. The van der Waals surface area contributed by atoms with Crippen LogP contribution in [0.1, 0.15) is 38.5 Å². The summed E-state index contributed by atoms with van der Waals surface area (Å²) in [4.78, 5) is 22.3. The summed E-state index contributed by atoms with van der Waals surface area (Å²) in [5.41, 5.74) is 8.57. The number of hydrogen-bond donors (Lipinski definition) is 3. The Kier molecular flexibility index (Phi) is 5.95. The molecule has 4 N–H and O–H groups in total. The fourth-order valence-electron chi connectivity index (χ4n) is 4.10. The zero-order valence-electron chi connectivity index (χ0n) is 14.6. The van der Waals surface area contributed by atoms with Crippen molar-refractivity contribution in [2.24, 2.45) is 11.7 Å². The van der Waals surface area contributed by atoms with Crippen LogP contribution in [-0.4, -0.2) is 35.0 Å². The van der Waals surface area contributed by atoms with Crippen molar-refractivity contribution in [3.8, 4) is 0 Å². The molecule has 0 spiro atoms. The number of aromatic amines is 1. The lowest BCUT2D eigenvalue weighted by molar-refractivity contribution is -0.119. The first-order valence-electron chi connectivity index (χ1n) is 9.10. The molecule has 1 saturated carbocycles. The number of hydrogen-bond acceptors (Lipinski definition) is 4. The maximum atomic E-state index is 12.6. The van der Waals surface area contributed by atoms with E-state index in [0.717, 1.165) is 74.0 Å². The molecular formula is C18H25Cl2N5O. The predicted molar refractivity (Wildman–Crippen MR) is 108 cm³/mol. The van der Waals surface area contributed by atoms with Crippen LogP contribution in [0.25, 0.3) is 11.0 Å². The molecule has 6 nitrogen and oxygen atoms in total. The molecule has 1 aliphatic heterocycles. The summed E-state index contributed by atoms with van der Waals surface area (Å²) in [5, 5.41) is 4.58.